The molecule has 3 aromatic carbocycles. The monoisotopic (exact) mass is 571 g/mol. The maximum atomic E-state index is 11.6. The summed E-state index contributed by atoms with van der Waals surface area (Å²) in [7, 11) is 0. The molecule has 194 valence electrons. The zero-order valence-corrected chi connectivity index (χ0v) is 23.6. The third-order valence-corrected chi connectivity index (χ3v) is 6.66. The second kappa shape index (κ2) is 13.8. The fraction of sp³-hybridized carbons (Fsp3) is 0.125. The number of carbonyl (C=O) groups excluding carboxylic acids is 1. The van der Waals surface area contributed by atoms with Crippen LogP contribution in [0, 0.1) is 30.6 Å². The van der Waals surface area contributed by atoms with Gasteiger partial charge in [-0.3, -0.25) is 0 Å². The van der Waals surface area contributed by atoms with E-state index in [2.05, 4.69) is 28.7 Å². The molecule has 4 aromatic rings. The Labute approximate surface area is 242 Å². The molecule has 1 heterocycles. The Kier molecular flexibility index (Phi) is 9.95. The molecule has 0 saturated carbocycles. The van der Waals surface area contributed by atoms with E-state index >= 15 is 0 Å². The van der Waals surface area contributed by atoms with E-state index in [1.54, 1.807) is 43.0 Å². The minimum atomic E-state index is -0.397. The van der Waals surface area contributed by atoms with Crippen molar-refractivity contribution in [2.75, 3.05) is 13.2 Å². The first kappa shape index (κ1) is 28.1. The summed E-state index contributed by atoms with van der Waals surface area (Å²) < 4.78 is 10.5. The van der Waals surface area contributed by atoms with E-state index in [4.69, 9.17) is 32.7 Å². The molecule has 4 nitrogen and oxygen atoms in total. The van der Waals surface area contributed by atoms with Crippen LogP contribution < -0.4 is 4.74 Å². The van der Waals surface area contributed by atoms with Crippen molar-refractivity contribution >= 4 is 40.9 Å². The molecule has 7 heteroatoms. The molecule has 0 fully saturated rings. The molecule has 4 rings (SSSR count). The van der Waals surface area contributed by atoms with Crippen LogP contribution in [0.3, 0.4) is 0 Å². The highest BCUT2D eigenvalue weighted by Gasteiger charge is 2.08. The van der Waals surface area contributed by atoms with Crippen LogP contribution >= 0.6 is 35.0 Å². The number of benzene rings is 3. The minimum Gasteiger partial charge on any atom is -0.482 e. The lowest BCUT2D eigenvalue weighted by Gasteiger charge is -2.10. The quantitative estimate of drug-likeness (QED) is 0.176. The molecule has 0 N–H and O–H groups in total. The summed E-state index contributed by atoms with van der Waals surface area (Å²) in [5, 5.41) is 1.31. The number of rotatable bonds is 6. The number of carbonyl (C=O) groups is 1. The van der Waals surface area contributed by atoms with Crippen molar-refractivity contribution in [1.82, 2.24) is 4.98 Å². The standard InChI is InChI=1S/C32H23Cl2NO3S/c1-3-37-32(36)21-38-31-17-16-29(18-22(31)2)39-30-19-27(14-8-23-4-10-25(33)11-5-23)35-28(20-30)15-9-24-6-12-26(34)13-7-24/h4-7,10-13,16-20H,3,21H2,1-2H3. The smallest absolute Gasteiger partial charge is 0.344 e. The van der Waals surface area contributed by atoms with Gasteiger partial charge in [-0.2, -0.15) is 0 Å². The molecular formula is C32H23Cl2NO3S. The molecule has 0 aliphatic rings. The molecule has 0 aliphatic heterocycles. The molecular weight excluding hydrogens is 549 g/mol. The number of esters is 1. The van der Waals surface area contributed by atoms with Crippen molar-refractivity contribution < 1.29 is 14.3 Å². The maximum absolute atomic E-state index is 11.6. The Hall–Kier alpha value is -3.87. The lowest BCUT2D eigenvalue weighted by Crippen LogP contribution is -2.14. The average Bonchev–Trinajstić information content (AvgIpc) is 2.92. The molecule has 1 aromatic heterocycles. The van der Waals surface area contributed by atoms with Gasteiger partial charge in [0.05, 0.1) is 6.61 Å². The first-order valence-electron chi connectivity index (χ1n) is 12.0. The van der Waals surface area contributed by atoms with E-state index in [-0.39, 0.29) is 6.61 Å². The van der Waals surface area contributed by atoms with Gasteiger partial charge in [0.1, 0.15) is 17.1 Å². The second-order valence-electron chi connectivity index (χ2n) is 8.21. The van der Waals surface area contributed by atoms with E-state index in [1.807, 2.05) is 61.5 Å². The van der Waals surface area contributed by atoms with Gasteiger partial charge in [-0.1, -0.05) is 46.8 Å². The molecule has 0 spiro atoms. The second-order valence-corrected chi connectivity index (χ2v) is 10.2. The summed E-state index contributed by atoms with van der Waals surface area (Å²) in [5.41, 5.74) is 3.77. The molecule has 0 atom stereocenters. The van der Waals surface area contributed by atoms with Crippen molar-refractivity contribution in [2.45, 2.75) is 23.6 Å². The maximum Gasteiger partial charge on any atom is 0.344 e. The van der Waals surface area contributed by atoms with Gasteiger partial charge < -0.3 is 9.47 Å². The Bertz CT molecular complexity index is 1510. The number of ether oxygens (including phenoxy) is 2. The first-order chi connectivity index (χ1) is 18.9. The summed E-state index contributed by atoms with van der Waals surface area (Å²) in [6.07, 6.45) is 0. The minimum absolute atomic E-state index is 0.128. The Morgan fingerprint density at radius 3 is 1.87 bits per heavy atom. The van der Waals surface area contributed by atoms with Crippen LogP contribution in [0.4, 0.5) is 0 Å². The number of halogens is 2. The Balaban J connectivity index is 1.60. The molecule has 0 amide bonds. The molecule has 0 saturated heterocycles. The number of nitrogens with zero attached hydrogens (tertiary/aromatic N) is 1. The van der Waals surface area contributed by atoms with Gasteiger partial charge in [-0.15, -0.1) is 0 Å². The summed E-state index contributed by atoms with van der Waals surface area (Å²) in [6, 6.07) is 24.3. The fourth-order valence-electron chi connectivity index (χ4n) is 3.35. The highest BCUT2D eigenvalue weighted by atomic mass is 35.5. The van der Waals surface area contributed by atoms with Crippen LogP contribution in [-0.2, 0) is 9.53 Å². The Morgan fingerprint density at radius 1 is 0.795 bits per heavy atom. The van der Waals surface area contributed by atoms with Crippen molar-refractivity contribution in [3.05, 3.63) is 117 Å². The van der Waals surface area contributed by atoms with Gasteiger partial charge in [0.25, 0.3) is 0 Å². The Morgan fingerprint density at radius 2 is 1.36 bits per heavy atom. The predicted molar refractivity (Wildman–Crippen MR) is 157 cm³/mol. The lowest BCUT2D eigenvalue weighted by atomic mass is 10.2. The van der Waals surface area contributed by atoms with Crippen molar-refractivity contribution in [3.8, 4) is 29.4 Å². The van der Waals surface area contributed by atoms with E-state index in [1.165, 1.54) is 0 Å². The third kappa shape index (κ3) is 8.84. The normalized spacial score (nSPS) is 10.1. The molecule has 0 radical (unpaired) electrons. The summed E-state index contributed by atoms with van der Waals surface area (Å²) in [6.45, 7) is 3.89. The first-order valence-corrected chi connectivity index (χ1v) is 13.6. The van der Waals surface area contributed by atoms with Gasteiger partial charge in [-0.05, 0) is 110 Å². The van der Waals surface area contributed by atoms with Crippen LogP contribution in [0.1, 0.15) is 35.0 Å². The van der Waals surface area contributed by atoms with Crippen LogP contribution in [-0.4, -0.2) is 24.2 Å². The van der Waals surface area contributed by atoms with Crippen LogP contribution in [0.15, 0.2) is 88.7 Å². The lowest BCUT2D eigenvalue weighted by molar-refractivity contribution is -0.145. The zero-order chi connectivity index (χ0) is 27.6. The van der Waals surface area contributed by atoms with Gasteiger partial charge in [0.2, 0.25) is 0 Å². The highest BCUT2D eigenvalue weighted by molar-refractivity contribution is 7.99. The molecule has 0 aliphatic carbocycles. The van der Waals surface area contributed by atoms with Crippen molar-refractivity contribution in [3.63, 3.8) is 0 Å². The van der Waals surface area contributed by atoms with E-state index in [9.17, 15) is 4.79 Å². The summed E-state index contributed by atoms with van der Waals surface area (Å²) in [4.78, 5) is 18.2. The predicted octanol–water partition coefficient (Wildman–Crippen LogP) is 7.59. The number of pyridine rings is 1. The topological polar surface area (TPSA) is 48.4 Å². The fourth-order valence-corrected chi connectivity index (χ4v) is 4.59. The van der Waals surface area contributed by atoms with Crippen LogP contribution in [0.25, 0.3) is 0 Å². The van der Waals surface area contributed by atoms with Gasteiger partial charge >= 0.3 is 5.97 Å². The molecule has 0 unspecified atom stereocenters. The van der Waals surface area contributed by atoms with Gasteiger partial charge in [0, 0.05) is 31.0 Å². The SMILES string of the molecule is CCOC(=O)COc1ccc(Sc2cc(C#Cc3ccc(Cl)cc3)nc(C#Cc3ccc(Cl)cc3)c2)cc1C. The van der Waals surface area contributed by atoms with Crippen LogP contribution in [0.2, 0.25) is 10.0 Å². The largest absolute Gasteiger partial charge is 0.482 e. The van der Waals surface area contributed by atoms with E-state index in [0.717, 1.165) is 26.5 Å². The highest BCUT2D eigenvalue weighted by Crippen LogP contribution is 2.32. The number of hydrogen-bond donors (Lipinski definition) is 0. The number of aromatic nitrogens is 1. The summed E-state index contributed by atoms with van der Waals surface area (Å²) in [5.74, 6) is 12.8. The molecule has 0 bridgehead atoms. The third-order valence-electron chi connectivity index (χ3n) is 5.19. The average molecular weight is 573 g/mol. The van der Waals surface area contributed by atoms with Crippen LogP contribution in [0.5, 0.6) is 5.75 Å². The van der Waals surface area contributed by atoms with E-state index in [0.29, 0.717) is 33.8 Å². The number of hydrogen-bond acceptors (Lipinski definition) is 5. The summed E-state index contributed by atoms with van der Waals surface area (Å²) >= 11 is 13.5. The zero-order valence-electron chi connectivity index (χ0n) is 21.3. The number of aryl methyl sites for hydroxylation is 1. The van der Waals surface area contributed by atoms with E-state index < -0.39 is 5.97 Å². The van der Waals surface area contributed by atoms with Crippen molar-refractivity contribution in [2.24, 2.45) is 0 Å². The van der Waals surface area contributed by atoms with Crippen molar-refractivity contribution in [1.29, 1.82) is 0 Å². The van der Waals surface area contributed by atoms with Gasteiger partial charge in [-0.25, -0.2) is 9.78 Å². The van der Waals surface area contributed by atoms with Gasteiger partial charge in [0.15, 0.2) is 6.61 Å². The molecule has 39 heavy (non-hydrogen) atoms.